The van der Waals surface area contributed by atoms with Crippen LogP contribution in [0.5, 0.6) is 0 Å². The predicted octanol–water partition coefficient (Wildman–Crippen LogP) is 2.47. The average Bonchev–Trinajstić information content (AvgIpc) is 2.39. The van der Waals surface area contributed by atoms with Crippen molar-refractivity contribution in [3.63, 3.8) is 0 Å². The maximum absolute atomic E-state index is 12.1. The molecule has 0 fully saturated rings. The number of aliphatic imine (C=N–C) groups is 1. The van der Waals surface area contributed by atoms with Crippen molar-refractivity contribution in [1.82, 2.24) is 15.5 Å². The molecule has 0 aromatic carbocycles. The van der Waals surface area contributed by atoms with Crippen molar-refractivity contribution in [2.24, 2.45) is 10.9 Å². The molecular formula is C14H29F3N4. The SMILES string of the molecule is CCC(CC)C(CNC(=NC)NCCC(F)(F)F)N(C)C. The topological polar surface area (TPSA) is 39.7 Å². The predicted molar refractivity (Wildman–Crippen MR) is 81.6 cm³/mol. The Morgan fingerprint density at radius 2 is 1.71 bits per heavy atom. The summed E-state index contributed by atoms with van der Waals surface area (Å²) >= 11 is 0. The first-order valence-electron chi connectivity index (χ1n) is 7.42. The lowest BCUT2D eigenvalue weighted by atomic mass is 9.93. The van der Waals surface area contributed by atoms with Gasteiger partial charge in [-0.3, -0.25) is 4.99 Å². The summed E-state index contributed by atoms with van der Waals surface area (Å²) in [7, 11) is 5.60. The molecule has 0 aliphatic carbocycles. The molecular weight excluding hydrogens is 281 g/mol. The maximum atomic E-state index is 12.1. The van der Waals surface area contributed by atoms with Crippen LogP contribution >= 0.6 is 0 Å². The molecule has 4 nitrogen and oxygen atoms in total. The van der Waals surface area contributed by atoms with E-state index in [9.17, 15) is 13.2 Å². The molecule has 0 saturated heterocycles. The van der Waals surface area contributed by atoms with E-state index in [0.29, 0.717) is 24.5 Å². The summed E-state index contributed by atoms with van der Waals surface area (Å²) in [4.78, 5) is 6.10. The smallest absolute Gasteiger partial charge is 0.356 e. The van der Waals surface area contributed by atoms with E-state index in [-0.39, 0.29) is 6.54 Å². The van der Waals surface area contributed by atoms with E-state index < -0.39 is 12.6 Å². The molecule has 126 valence electrons. The van der Waals surface area contributed by atoms with E-state index >= 15 is 0 Å². The minimum Gasteiger partial charge on any atom is -0.356 e. The Morgan fingerprint density at radius 3 is 2.10 bits per heavy atom. The molecule has 0 aliphatic rings. The number of hydrogen-bond donors (Lipinski definition) is 2. The van der Waals surface area contributed by atoms with Gasteiger partial charge < -0.3 is 15.5 Å². The fraction of sp³-hybridized carbons (Fsp3) is 0.929. The quantitative estimate of drug-likeness (QED) is 0.534. The Labute approximate surface area is 126 Å². The van der Waals surface area contributed by atoms with Crippen LogP contribution in [-0.4, -0.2) is 57.3 Å². The molecule has 0 spiro atoms. The Kier molecular flexibility index (Phi) is 9.41. The maximum Gasteiger partial charge on any atom is 0.390 e. The third kappa shape index (κ3) is 8.80. The summed E-state index contributed by atoms with van der Waals surface area (Å²) in [6, 6.07) is 0.321. The summed E-state index contributed by atoms with van der Waals surface area (Å²) < 4.78 is 36.4. The number of hydrogen-bond acceptors (Lipinski definition) is 2. The van der Waals surface area contributed by atoms with E-state index in [2.05, 4.69) is 34.4 Å². The lowest BCUT2D eigenvalue weighted by Crippen LogP contribution is -2.48. The van der Waals surface area contributed by atoms with Gasteiger partial charge in [0.2, 0.25) is 0 Å². The van der Waals surface area contributed by atoms with Gasteiger partial charge in [0.1, 0.15) is 0 Å². The number of halogens is 3. The molecule has 0 saturated carbocycles. The van der Waals surface area contributed by atoms with Crippen LogP contribution in [0, 0.1) is 5.92 Å². The lowest BCUT2D eigenvalue weighted by Gasteiger charge is -2.32. The van der Waals surface area contributed by atoms with E-state index in [1.807, 2.05) is 14.1 Å². The molecule has 7 heteroatoms. The van der Waals surface area contributed by atoms with E-state index in [1.54, 1.807) is 7.05 Å². The highest BCUT2D eigenvalue weighted by Crippen LogP contribution is 2.18. The fourth-order valence-corrected chi connectivity index (χ4v) is 2.35. The molecule has 0 radical (unpaired) electrons. The molecule has 21 heavy (non-hydrogen) atoms. The second-order valence-corrected chi connectivity index (χ2v) is 5.35. The van der Waals surface area contributed by atoms with Gasteiger partial charge in [-0.15, -0.1) is 0 Å². The number of rotatable bonds is 8. The minimum absolute atomic E-state index is 0.166. The first kappa shape index (κ1) is 20.0. The molecule has 0 heterocycles. The van der Waals surface area contributed by atoms with Gasteiger partial charge in [-0.25, -0.2) is 0 Å². The van der Waals surface area contributed by atoms with Crippen LogP contribution < -0.4 is 10.6 Å². The van der Waals surface area contributed by atoms with Crippen molar-refractivity contribution in [2.45, 2.75) is 45.3 Å². The largest absolute Gasteiger partial charge is 0.390 e. The second-order valence-electron chi connectivity index (χ2n) is 5.35. The third-order valence-corrected chi connectivity index (χ3v) is 3.66. The van der Waals surface area contributed by atoms with Gasteiger partial charge in [-0.1, -0.05) is 26.7 Å². The van der Waals surface area contributed by atoms with Crippen LogP contribution in [0.3, 0.4) is 0 Å². The highest BCUT2D eigenvalue weighted by atomic mass is 19.4. The molecule has 0 aromatic rings. The van der Waals surface area contributed by atoms with Crippen molar-refractivity contribution in [2.75, 3.05) is 34.2 Å². The molecule has 0 rings (SSSR count). The third-order valence-electron chi connectivity index (χ3n) is 3.66. The average molecular weight is 310 g/mol. The highest BCUT2D eigenvalue weighted by molar-refractivity contribution is 5.79. The van der Waals surface area contributed by atoms with E-state index in [0.717, 1.165) is 12.8 Å². The van der Waals surface area contributed by atoms with Gasteiger partial charge in [-0.05, 0) is 20.0 Å². The van der Waals surface area contributed by atoms with Crippen LogP contribution in [0.15, 0.2) is 4.99 Å². The standard InChI is InChI=1S/C14H29F3N4/c1-6-11(7-2)12(21(4)5)10-20-13(18-3)19-9-8-14(15,16)17/h11-12H,6-10H2,1-5H3,(H2,18,19,20). The van der Waals surface area contributed by atoms with Gasteiger partial charge in [0, 0.05) is 26.2 Å². The van der Waals surface area contributed by atoms with E-state index in [1.165, 1.54) is 0 Å². The van der Waals surface area contributed by atoms with Crippen LogP contribution in [0.25, 0.3) is 0 Å². The monoisotopic (exact) mass is 310 g/mol. The first-order valence-corrected chi connectivity index (χ1v) is 7.42. The van der Waals surface area contributed by atoms with Crippen molar-refractivity contribution < 1.29 is 13.2 Å². The Bertz CT molecular complexity index is 299. The highest BCUT2D eigenvalue weighted by Gasteiger charge is 2.26. The van der Waals surface area contributed by atoms with Crippen LogP contribution in [-0.2, 0) is 0 Å². The Balaban J connectivity index is 4.35. The summed E-state index contributed by atoms with van der Waals surface area (Å²) in [6.45, 7) is 4.80. The Hall–Kier alpha value is -0.980. The summed E-state index contributed by atoms with van der Waals surface area (Å²) in [6.07, 6.45) is -2.87. The molecule has 0 amide bonds. The summed E-state index contributed by atoms with van der Waals surface area (Å²) in [5.41, 5.74) is 0. The molecule has 0 aromatic heterocycles. The first-order chi connectivity index (χ1) is 9.75. The van der Waals surface area contributed by atoms with Crippen LogP contribution in [0.1, 0.15) is 33.1 Å². The molecule has 1 atom stereocenters. The minimum atomic E-state index is -4.15. The number of likely N-dealkylation sites (N-methyl/N-ethyl adjacent to an activating group) is 1. The van der Waals surface area contributed by atoms with Crippen molar-refractivity contribution in [1.29, 1.82) is 0 Å². The molecule has 0 bridgehead atoms. The van der Waals surface area contributed by atoms with Gasteiger partial charge in [0.15, 0.2) is 5.96 Å². The van der Waals surface area contributed by atoms with Gasteiger partial charge in [0.25, 0.3) is 0 Å². The number of guanidine groups is 1. The Morgan fingerprint density at radius 1 is 1.14 bits per heavy atom. The van der Waals surface area contributed by atoms with Gasteiger partial charge in [0.05, 0.1) is 6.42 Å². The van der Waals surface area contributed by atoms with Crippen LogP contribution in [0.4, 0.5) is 13.2 Å². The van der Waals surface area contributed by atoms with Gasteiger partial charge >= 0.3 is 6.18 Å². The zero-order valence-electron chi connectivity index (χ0n) is 13.7. The summed E-state index contributed by atoms with van der Waals surface area (Å²) in [5, 5.41) is 5.81. The molecule has 2 N–H and O–H groups in total. The lowest BCUT2D eigenvalue weighted by molar-refractivity contribution is -0.132. The van der Waals surface area contributed by atoms with Crippen molar-refractivity contribution >= 4 is 5.96 Å². The van der Waals surface area contributed by atoms with E-state index in [4.69, 9.17) is 0 Å². The number of nitrogens with one attached hydrogen (secondary N) is 2. The number of nitrogens with zero attached hydrogens (tertiary/aromatic N) is 2. The zero-order valence-corrected chi connectivity index (χ0v) is 13.7. The molecule has 0 aliphatic heterocycles. The van der Waals surface area contributed by atoms with Gasteiger partial charge in [-0.2, -0.15) is 13.2 Å². The zero-order chi connectivity index (χ0) is 16.5. The second kappa shape index (κ2) is 9.87. The van der Waals surface area contributed by atoms with Crippen molar-refractivity contribution in [3.05, 3.63) is 0 Å². The van der Waals surface area contributed by atoms with Crippen LogP contribution in [0.2, 0.25) is 0 Å². The normalized spacial score (nSPS) is 14.7. The van der Waals surface area contributed by atoms with Crippen molar-refractivity contribution in [3.8, 4) is 0 Å². The fourth-order valence-electron chi connectivity index (χ4n) is 2.35. The summed E-state index contributed by atoms with van der Waals surface area (Å²) in [5.74, 6) is 0.956. The number of alkyl halides is 3. The molecule has 1 unspecified atom stereocenters.